The Morgan fingerprint density at radius 1 is 1.09 bits per heavy atom. The number of rotatable bonds is 6. The molecule has 0 atom stereocenters. The van der Waals surface area contributed by atoms with Gasteiger partial charge in [-0.1, -0.05) is 55.2 Å². The molecule has 1 saturated heterocycles. The molecule has 0 unspecified atom stereocenters. The van der Waals surface area contributed by atoms with Gasteiger partial charge in [0.25, 0.3) is 0 Å². The van der Waals surface area contributed by atoms with Crippen LogP contribution in [-0.2, 0) is 17.9 Å². The van der Waals surface area contributed by atoms with Crippen LogP contribution in [0.5, 0.6) is 0 Å². The Morgan fingerprint density at radius 2 is 1.88 bits per heavy atom. The van der Waals surface area contributed by atoms with E-state index in [1.807, 2.05) is 17.5 Å². The summed E-state index contributed by atoms with van der Waals surface area (Å²) in [6, 6.07) is 13.0. The number of benzene rings is 1. The van der Waals surface area contributed by atoms with Crippen molar-refractivity contribution >= 4 is 34.6 Å². The number of piperazine rings is 1. The van der Waals surface area contributed by atoms with E-state index in [4.69, 9.17) is 12.2 Å². The first-order valence-corrected chi connectivity index (χ1v) is 13.0. The third-order valence-corrected chi connectivity index (χ3v) is 8.08. The molecular formula is C25H34N4OS2. The fourth-order valence-corrected chi connectivity index (χ4v) is 5.83. The van der Waals surface area contributed by atoms with Gasteiger partial charge in [-0.25, -0.2) is 0 Å². The van der Waals surface area contributed by atoms with E-state index in [9.17, 15) is 4.79 Å². The maximum absolute atomic E-state index is 12.2. The fourth-order valence-electron chi connectivity index (χ4n) is 4.96. The van der Waals surface area contributed by atoms with Crippen molar-refractivity contribution in [1.82, 2.24) is 20.4 Å². The Kier molecular flexibility index (Phi) is 7.81. The number of carbonyl (C=O) groups excluding carboxylic acids is 1. The number of carbonyl (C=O) groups is 1. The molecule has 1 amide bonds. The van der Waals surface area contributed by atoms with Gasteiger partial charge in [0.1, 0.15) is 0 Å². The SMILES string of the molecule is Cc1ccc(CN2CCN(C(=S)NCC(=O)NCc3cccs3)CC23CCCCC3)cc1. The van der Waals surface area contributed by atoms with Crippen LogP contribution in [0, 0.1) is 6.92 Å². The number of nitrogens with one attached hydrogen (secondary N) is 2. The lowest BCUT2D eigenvalue weighted by Crippen LogP contribution is -2.64. The zero-order chi connectivity index (χ0) is 22.4. The van der Waals surface area contributed by atoms with Gasteiger partial charge < -0.3 is 15.5 Å². The zero-order valence-corrected chi connectivity index (χ0v) is 20.6. The van der Waals surface area contributed by atoms with E-state index in [1.165, 1.54) is 43.2 Å². The maximum atomic E-state index is 12.2. The summed E-state index contributed by atoms with van der Waals surface area (Å²) in [4.78, 5) is 18.4. The minimum absolute atomic E-state index is 0.0221. The molecule has 0 bridgehead atoms. The van der Waals surface area contributed by atoms with Crippen LogP contribution in [0.4, 0.5) is 0 Å². The van der Waals surface area contributed by atoms with Gasteiger partial charge in [0.15, 0.2) is 5.11 Å². The highest BCUT2D eigenvalue weighted by molar-refractivity contribution is 7.80. The van der Waals surface area contributed by atoms with Gasteiger partial charge in [0.2, 0.25) is 5.91 Å². The van der Waals surface area contributed by atoms with Crippen LogP contribution < -0.4 is 10.6 Å². The van der Waals surface area contributed by atoms with E-state index in [0.29, 0.717) is 11.7 Å². The summed E-state index contributed by atoms with van der Waals surface area (Å²) in [5.41, 5.74) is 2.87. The molecular weight excluding hydrogens is 436 g/mol. The van der Waals surface area contributed by atoms with Gasteiger partial charge >= 0.3 is 0 Å². The lowest BCUT2D eigenvalue weighted by molar-refractivity contribution is -0.120. The Hall–Kier alpha value is -1.96. The van der Waals surface area contributed by atoms with Gasteiger partial charge in [-0.15, -0.1) is 11.3 Å². The van der Waals surface area contributed by atoms with Gasteiger partial charge in [0, 0.05) is 36.6 Å². The molecule has 0 radical (unpaired) electrons. The highest BCUT2D eigenvalue weighted by Gasteiger charge is 2.42. The Bertz CT molecular complexity index is 891. The van der Waals surface area contributed by atoms with Crippen molar-refractivity contribution in [3.05, 3.63) is 57.8 Å². The number of thiocarbonyl (C=S) groups is 1. The number of nitrogens with zero attached hydrogens (tertiary/aromatic N) is 2. The van der Waals surface area contributed by atoms with Gasteiger partial charge in [-0.2, -0.15) is 0 Å². The summed E-state index contributed by atoms with van der Waals surface area (Å²) < 4.78 is 0. The van der Waals surface area contributed by atoms with Gasteiger partial charge in [-0.3, -0.25) is 9.69 Å². The van der Waals surface area contributed by atoms with Crippen molar-refractivity contribution in [3.8, 4) is 0 Å². The summed E-state index contributed by atoms with van der Waals surface area (Å²) in [5, 5.41) is 8.89. The van der Waals surface area contributed by atoms with Crippen molar-refractivity contribution in [3.63, 3.8) is 0 Å². The molecule has 2 heterocycles. The lowest BCUT2D eigenvalue weighted by Gasteiger charge is -2.53. The zero-order valence-electron chi connectivity index (χ0n) is 18.9. The minimum Gasteiger partial charge on any atom is -0.353 e. The molecule has 1 aromatic heterocycles. The van der Waals surface area contributed by atoms with Gasteiger partial charge in [0.05, 0.1) is 13.1 Å². The number of hydrogen-bond acceptors (Lipinski definition) is 4. The average Bonchev–Trinajstić information content (AvgIpc) is 3.33. The van der Waals surface area contributed by atoms with Crippen LogP contribution in [0.1, 0.15) is 48.1 Å². The number of aryl methyl sites for hydroxylation is 1. The van der Waals surface area contributed by atoms with Crippen molar-refractivity contribution in [1.29, 1.82) is 0 Å². The second-order valence-electron chi connectivity index (χ2n) is 9.13. The molecule has 2 N–H and O–H groups in total. The van der Waals surface area contributed by atoms with E-state index >= 15 is 0 Å². The molecule has 172 valence electrons. The van der Waals surface area contributed by atoms with E-state index < -0.39 is 0 Å². The molecule has 2 fully saturated rings. The third kappa shape index (κ3) is 5.88. The molecule has 4 rings (SSSR count). The average molecular weight is 471 g/mol. The normalized spacial score (nSPS) is 18.5. The Labute approximate surface area is 201 Å². The quantitative estimate of drug-likeness (QED) is 0.624. The summed E-state index contributed by atoms with van der Waals surface area (Å²) in [6.45, 7) is 6.78. The Balaban J connectivity index is 1.32. The standard InChI is InChI=1S/C25H34N4OS2/c1-20-7-9-21(10-8-20)18-29-14-13-28(19-25(29)11-3-2-4-12-25)24(31)27-17-23(30)26-16-22-6-5-15-32-22/h5-10,15H,2-4,11-14,16-19H2,1H3,(H,26,30)(H,27,31). The van der Waals surface area contributed by atoms with E-state index in [0.717, 1.165) is 31.1 Å². The molecule has 1 saturated carbocycles. The topological polar surface area (TPSA) is 47.6 Å². The number of hydrogen-bond donors (Lipinski definition) is 2. The molecule has 2 aromatic rings. The monoisotopic (exact) mass is 470 g/mol. The fraction of sp³-hybridized carbons (Fsp3) is 0.520. The van der Waals surface area contributed by atoms with Crippen LogP contribution in [0.15, 0.2) is 41.8 Å². The van der Waals surface area contributed by atoms with Crippen molar-refractivity contribution < 1.29 is 4.79 Å². The first kappa shape index (κ1) is 23.2. The Morgan fingerprint density at radius 3 is 2.59 bits per heavy atom. The molecule has 1 aromatic carbocycles. The van der Waals surface area contributed by atoms with E-state index in [-0.39, 0.29) is 18.0 Å². The van der Waals surface area contributed by atoms with Crippen LogP contribution >= 0.6 is 23.6 Å². The predicted molar refractivity (Wildman–Crippen MR) is 136 cm³/mol. The van der Waals surface area contributed by atoms with E-state index in [2.05, 4.69) is 51.6 Å². The van der Waals surface area contributed by atoms with Crippen LogP contribution in [0.3, 0.4) is 0 Å². The van der Waals surface area contributed by atoms with Crippen molar-refractivity contribution in [2.75, 3.05) is 26.2 Å². The third-order valence-electron chi connectivity index (χ3n) is 6.80. The first-order valence-electron chi connectivity index (χ1n) is 11.7. The summed E-state index contributed by atoms with van der Waals surface area (Å²) in [7, 11) is 0. The highest BCUT2D eigenvalue weighted by Crippen LogP contribution is 2.37. The lowest BCUT2D eigenvalue weighted by atomic mass is 9.78. The number of amides is 1. The van der Waals surface area contributed by atoms with Gasteiger partial charge in [-0.05, 0) is 49.0 Å². The molecule has 2 aliphatic rings. The summed E-state index contributed by atoms with van der Waals surface area (Å²) >= 11 is 7.36. The minimum atomic E-state index is -0.0221. The van der Waals surface area contributed by atoms with Crippen LogP contribution in [0.25, 0.3) is 0 Å². The smallest absolute Gasteiger partial charge is 0.239 e. The molecule has 1 aliphatic carbocycles. The summed E-state index contributed by atoms with van der Waals surface area (Å²) in [6.07, 6.45) is 6.33. The highest BCUT2D eigenvalue weighted by atomic mass is 32.1. The molecule has 1 spiro atoms. The second kappa shape index (κ2) is 10.8. The van der Waals surface area contributed by atoms with Crippen molar-refractivity contribution in [2.45, 2.75) is 57.7 Å². The second-order valence-corrected chi connectivity index (χ2v) is 10.5. The molecule has 32 heavy (non-hydrogen) atoms. The molecule has 1 aliphatic heterocycles. The largest absolute Gasteiger partial charge is 0.353 e. The number of thiophene rings is 1. The summed E-state index contributed by atoms with van der Waals surface area (Å²) in [5.74, 6) is -0.0221. The first-order chi connectivity index (χ1) is 15.5. The van der Waals surface area contributed by atoms with Crippen LogP contribution in [0.2, 0.25) is 0 Å². The predicted octanol–water partition coefficient (Wildman–Crippen LogP) is 4.07. The van der Waals surface area contributed by atoms with Crippen LogP contribution in [-0.4, -0.2) is 52.5 Å². The van der Waals surface area contributed by atoms with E-state index in [1.54, 1.807) is 11.3 Å². The van der Waals surface area contributed by atoms with Crippen molar-refractivity contribution in [2.24, 2.45) is 0 Å². The molecule has 7 heteroatoms. The molecule has 5 nitrogen and oxygen atoms in total. The maximum Gasteiger partial charge on any atom is 0.239 e.